The second kappa shape index (κ2) is 6.71. The highest BCUT2D eigenvalue weighted by atomic mass is 16.5. The van der Waals surface area contributed by atoms with E-state index in [1.165, 1.54) is 7.11 Å². The average molecular weight is 314 g/mol. The van der Waals surface area contributed by atoms with E-state index in [0.29, 0.717) is 12.3 Å². The lowest BCUT2D eigenvalue weighted by atomic mass is 9.91. The zero-order chi connectivity index (χ0) is 17.0. The van der Waals surface area contributed by atoms with E-state index in [9.17, 15) is 9.90 Å². The molecule has 0 saturated carbocycles. The summed E-state index contributed by atoms with van der Waals surface area (Å²) in [7, 11) is 3.18. The average Bonchev–Trinajstić information content (AvgIpc) is 2.55. The Hall–Kier alpha value is -2.53. The molecule has 1 atom stereocenters. The molecule has 1 unspecified atom stereocenters. The molecule has 2 aromatic rings. The van der Waals surface area contributed by atoms with Crippen LogP contribution >= 0.6 is 0 Å². The first kappa shape index (κ1) is 16.8. The number of hydrogen-bond donors (Lipinski definition) is 2. The molecular formula is C18H22N2O3. The highest BCUT2D eigenvalue weighted by Gasteiger charge is 2.32. The van der Waals surface area contributed by atoms with E-state index in [-0.39, 0.29) is 11.7 Å². The molecule has 3 N–H and O–H groups in total. The van der Waals surface area contributed by atoms with Crippen molar-refractivity contribution in [1.82, 2.24) is 4.90 Å². The Morgan fingerprint density at radius 3 is 2.48 bits per heavy atom. The second-order valence-corrected chi connectivity index (χ2v) is 5.74. The molecule has 0 spiro atoms. The topological polar surface area (TPSA) is 75.8 Å². The Morgan fingerprint density at radius 1 is 1.26 bits per heavy atom. The van der Waals surface area contributed by atoms with Gasteiger partial charge in [-0.25, -0.2) is 0 Å². The minimum Gasteiger partial charge on any atom is -0.504 e. The van der Waals surface area contributed by atoms with Crippen molar-refractivity contribution >= 4 is 5.91 Å². The van der Waals surface area contributed by atoms with E-state index >= 15 is 0 Å². The summed E-state index contributed by atoms with van der Waals surface area (Å²) in [5.41, 5.74) is 6.70. The fourth-order valence-electron chi connectivity index (χ4n) is 2.48. The van der Waals surface area contributed by atoms with Gasteiger partial charge in [0.1, 0.15) is 5.54 Å². The maximum atomic E-state index is 12.7. The van der Waals surface area contributed by atoms with Crippen molar-refractivity contribution in [3.63, 3.8) is 0 Å². The third kappa shape index (κ3) is 3.63. The molecule has 0 bridgehead atoms. The number of aromatic hydroxyl groups is 1. The lowest BCUT2D eigenvalue weighted by Crippen LogP contribution is -2.49. The lowest BCUT2D eigenvalue weighted by molar-refractivity contribution is -0.136. The van der Waals surface area contributed by atoms with Crippen LogP contribution in [0, 0.1) is 0 Å². The van der Waals surface area contributed by atoms with Crippen molar-refractivity contribution in [2.45, 2.75) is 19.0 Å². The molecule has 23 heavy (non-hydrogen) atoms. The summed E-state index contributed by atoms with van der Waals surface area (Å²) in [6.07, 6.45) is 0. The highest BCUT2D eigenvalue weighted by Crippen LogP contribution is 2.27. The summed E-state index contributed by atoms with van der Waals surface area (Å²) in [6.45, 7) is 2.04. The van der Waals surface area contributed by atoms with E-state index in [1.807, 2.05) is 30.3 Å². The van der Waals surface area contributed by atoms with Crippen LogP contribution < -0.4 is 10.5 Å². The summed E-state index contributed by atoms with van der Waals surface area (Å²) in [5.74, 6) is 0.249. The normalized spacial score (nSPS) is 13.2. The van der Waals surface area contributed by atoms with E-state index in [1.54, 1.807) is 37.1 Å². The third-order valence-corrected chi connectivity index (χ3v) is 3.83. The van der Waals surface area contributed by atoms with Crippen LogP contribution in [0.4, 0.5) is 0 Å². The van der Waals surface area contributed by atoms with Crippen LogP contribution in [0.2, 0.25) is 0 Å². The van der Waals surface area contributed by atoms with Crippen LogP contribution in [-0.2, 0) is 16.9 Å². The van der Waals surface area contributed by atoms with Crippen LogP contribution in [0.25, 0.3) is 0 Å². The Bertz CT molecular complexity index is 684. The van der Waals surface area contributed by atoms with Crippen molar-refractivity contribution in [2.75, 3.05) is 14.2 Å². The number of nitrogens with two attached hydrogens (primary N) is 1. The van der Waals surface area contributed by atoms with Gasteiger partial charge in [0.05, 0.1) is 7.11 Å². The number of ether oxygens (including phenoxy) is 1. The molecule has 0 fully saturated rings. The molecule has 5 heteroatoms. The summed E-state index contributed by atoms with van der Waals surface area (Å²) in [4.78, 5) is 14.2. The van der Waals surface area contributed by atoms with Crippen LogP contribution in [-0.4, -0.2) is 30.1 Å². The number of benzene rings is 2. The molecule has 0 aromatic heterocycles. The monoisotopic (exact) mass is 314 g/mol. The van der Waals surface area contributed by atoms with Crippen LogP contribution in [0.5, 0.6) is 11.5 Å². The number of amides is 1. The number of carbonyl (C=O) groups is 1. The number of likely N-dealkylation sites (N-methyl/N-ethyl adjacent to an activating group) is 1. The van der Waals surface area contributed by atoms with Crippen LogP contribution in [0.15, 0.2) is 48.5 Å². The summed E-state index contributed by atoms with van der Waals surface area (Å²) >= 11 is 0. The molecule has 0 aliphatic rings. The molecule has 0 radical (unpaired) electrons. The van der Waals surface area contributed by atoms with Gasteiger partial charge in [-0.2, -0.15) is 0 Å². The molecular weight excluding hydrogens is 292 g/mol. The Balaban J connectivity index is 2.15. The van der Waals surface area contributed by atoms with Gasteiger partial charge in [-0.05, 0) is 30.2 Å². The number of rotatable bonds is 5. The number of phenols is 1. The van der Waals surface area contributed by atoms with Gasteiger partial charge in [-0.3, -0.25) is 4.79 Å². The molecule has 122 valence electrons. The van der Waals surface area contributed by atoms with Crippen molar-refractivity contribution in [1.29, 1.82) is 0 Å². The summed E-state index contributed by atoms with van der Waals surface area (Å²) in [5, 5.41) is 9.83. The molecule has 2 aromatic carbocycles. The Labute approximate surface area is 136 Å². The molecule has 1 amide bonds. The SMILES string of the molecule is COc1ccc(CN(C)C(=O)C(C)(N)c2ccccc2)cc1O. The first-order valence-corrected chi connectivity index (χ1v) is 7.32. The highest BCUT2D eigenvalue weighted by molar-refractivity contribution is 5.86. The van der Waals surface area contributed by atoms with Gasteiger partial charge in [0.25, 0.3) is 0 Å². The predicted molar refractivity (Wildman–Crippen MR) is 89.1 cm³/mol. The van der Waals surface area contributed by atoms with Crippen molar-refractivity contribution in [2.24, 2.45) is 5.73 Å². The maximum absolute atomic E-state index is 12.7. The van der Waals surface area contributed by atoms with Gasteiger partial charge in [0, 0.05) is 13.6 Å². The molecule has 0 aliphatic heterocycles. The molecule has 5 nitrogen and oxygen atoms in total. The minimum atomic E-state index is -1.11. The number of methoxy groups -OCH3 is 1. The molecule has 0 aliphatic carbocycles. The zero-order valence-electron chi connectivity index (χ0n) is 13.6. The smallest absolute Gasteiger partial charge is 0.247 e. The standard InChI is InChI=1S/C18H22N2O3/c1-18(19,14-7-5-4-6-8-14)17(22)20(2)12-13-9-10-16(23-3)15(21)11-13/h4-11,21H,12,19H2,1-3H3. The maximum Gasteiger partial charge on any atom is 0.247 e. The van der Waals surface area contributed by atoms with Gasteiger partial charge in [0.15, 0.2) is 11.5 Å². The van der Waals surface area contributed by atoms with Crippen LogP contribution in [0.3, 0.4) is 0 Å². The number of nitrogens with zero attached hydrogens (tertiary/aromatic N) is 1. The Morgan fingerprint density at radius 2 is 1.91 bits per heavy atom. The third-order valence-electron chi connectivity index (χ3n) is 3.83. The second-order valence-electron chi connectivity index (χ2n) is 5.74. The molecule has 0 saturated heterocycles. The number of phenolic OH excluding ortho intramolecular Hbond substituents is 1. The first-order valence-electron chi connectivity index (χ1n) is 7.32. The fourth-order valence-corrected chi connectivity index (χ4v) is 2.48. The zero-order valence-corrected chi connectivity index (χ0v) is 13.6. The lowest BCUT2D eigenvalue weighted by Gasteiger charge is -2.29. The largest absolute Gasteiger partial charge is 0.504 e. The minimum absolute atomic E-state index is 0.0458. The summed E-state index contributed by atoms with van der Waals surface area (Å²) in [6, 6.07) is 14.3. The van der Waals surface area contributed by atoms with Gasteiger partial charge in [-0.1, -0.05) is 36.4 Å². The molecule has 2 rings (SSSR count). The van der Waals surface area contributed by atoms with E-state index in [4.69, 9.17) is 10.5 Å². The Kier molecular flexibility index (Phi) is 4.91. The van der Waals surface area contributed by atoms with E-state index in [2.05, 4.69) is 0 Å². The van der Waals surface area contributed by atoms with E-state index < -0.39 is 5.54 Å². The van der Waals surface area contributed by atoms with Gasteiger partial charge >= 0.3 is 0 Å². The number of carbonyl (C=O) groups excluding carboxylic acids is 1. The van der Waals surface area contributed by atoms with Crippen LogP contribution in [0.1, 0.15) is 18.1 Å². The van der Waals surface area contributed by atoms with Gasteiger partial charge in [-0.15, -0.1) is 0 Å². The fraction of sp³-hybridized carbons (Fsp3) is 0.278. The first-order chi connectivity index (χ1) is 10.9. The van der Waals surface area contributed by atoms with Crippen molar-refractivity contribution in [3.8, 4) is 11.5 Å². The predicted octanol–water partition coefficient (Wildman–Crippen LogP) is 2.23. The van der Waals surface area contributed by atoms with Crippen molar-refractivity contribution < 1.29 is 14.6 Å². The number of hydrogen-bond acceptors (Lipinski definition) is 4. The van der Waals surface area contributed by atoms with Crippen molar-refractivity contribution in [3.05, 3.63) is 59.7 Å². The van der Waals surface area contributed by atoms with E-state index in [0.717, 1.165) is 11.1 Å². The quantitative estimate of drug-likeness (QED) is 0.887. The molecule has 0 heterocycles. The summed E-state index contributed by atoms with van der Waals surface area (Å²) < 4.78 is 5.01. The van der Waals surface area contributed by atoms with Gasteiger partial charge < -0.3 is 20.5 Å². The van der Waals surface area contributed by atoms with Gasteiger partial charge in [0.2, 0.25) is 5.91 Å².